The summed E-state index contributed by atoms with van der Waals surface area (Å²) >= 11 is 0. The molecule has 1 aliphatic carbocycles. The minimum atomic E-state index is -1.35. The molecule has 1 aromatic carbocycles. The molecule has 4 rings (SSSR count). The molecule has 1 atom stereocenters. The van der Waals surface area contributed by atoms with Crippen LogP contribution in [-0.2, 0) is 6.61 Å². The van der Waals surface area contributed by atoms with E-state index in [4.69, 9.17) is 0 Å². The number of carbonyl (C=O) groups is 1. The standard InChI is InChI=1S/C20H23FN2O5/c21-16-8-13-17(23(12-3-4-12)9-14(19(13)26)20(27)28)15(10-25)18(16)22-6-1-2-11(22)5-7-24/h8-9,11-12,24-25H,1-7,10H2,(H,27,28). The van der Waals surface area contributed by atoms with Gasteiger partial charge in [-0.15, -0.1) is 0 Å². The molecule has 2 heterocycles. The van der Waals surface area contributed by atoms with E-state index >= 15 is 4.39 Å². The number of pyridine rings is 1. The van der Waals surface area contributed by atoms with Crippen LogP contribution in [0.1, 0.15) is 54.1 Å². The zero-order valence-corrected chi connectivity index (χ0v) is 15.4. The van der Waals surface area contributed by atoms with Crippen LogP contribution < -0.4 is 10.3 Å². The fourth-order valence-electron chi connectivity index (χ4n) is 4.39. The molecule has 1 unspecified atom stereocenters. The molecule has 2 aliphatic rings. The molecule has 2 aromatic rings. The maximum atomic E-state index is 15.2. The number of hydrogen-bond donors (Lipinski definition) is 3. The Bertz CT molecular complexity index is 998. The third-order valence-corrected chi connectivity index (χ3v) is 5.80. The predicted molar refractivity (Wildman–Crippen MR) is 101 cm³/mol. The smallest absolute Gasteiger partial charge is 0.341 e. The van der Waals surface area contributed by atoms with E-state index < -0.39 is 29.4 Å². The number of halogens is 1. The van der Waals surface area contributed by atoms with Gasteiger partial charge in [0.05, 0.1) is 17.8 Å². The van der Waals surface area contributed by atoms with Gasteiger partial charge in [-0.3, -0.25) is 4.79 Å². The molecular formula is C20H23FN2O5. The number of hydrogen-bond acceptors (Lipinski definition) is 5. The molecule has 1 aliphatic heterocycles. The molecule has 0 amide bonds. The fraction of sp³-hybridized carbons (Fsp3) is 0.500. The van der Waals surface area contributed by atoms with Crippen LogP contribution in [0, 0.1) is 5.82 Å². The summed E-state index contributed by atoms with van der Waals surface area (Å²) in [7, 11) is 0. The van der Waals surface area contributed by atoms with Gasteiger partial charge in [-0.2, -0.15) is 0 Å². The number of aliphatic hydroxyl groups is 2. The summed E-state index contributed by atoms with van der Waals surface area (Å²) in [4.78, 5) is 26.1. The second-order valence-electron chi connectivity index (χ2n) is 7.56. The Hall–Kier alpha value is -2.45. The van der Waals surface area contributed by atoms with Crippen LogP contribution in [0.3, 0.4) is 0 Å². The summed E-state index contributed by atoms with van der Waals surface area (Å²) in [5, 5.41) is 28.8. The second kappa shape index (κ2) is 7.18. The zero-order chi connectivity index (χ0) is 20.0. The van der Waals surface area contributed by atoms with Crippen LogP contribution in [0.2, 0.25) is 0 Å². The first-order valence-electron chi connectivity index (χ1n) is 9.59. The highest BCUT2D eigenvalue weighted by molar-refractivity contribution is 5.95. The van der Waals surface area contributed by atoms with Gasteiger partial charge in [0.25, 0.3) is 0 Å². The van der Waals surface area contributed by atoms with Crippen molar-refractivity contribution >= 4 is 22.6 Å². The molecule has 28 heavy (non-hydrogen) atoms. The Kier molecular flexibility index (Phi) is 4.84. The highest BCUT2D eigenvalue weighted by Gasteiger charge is 2.33. The number of carboxylic acids is 1. The van der Waals surface area contributed by atoms with Crippen molar-refractivity contribution in [2.75, 3.05) is 18.1 Å². The predicted octanol–water partition coefficient (Wildman–Crippen LogP) is 2.02. The number of nitrogens with zero attached hydrogens (tertiary/aromatic N) is 2. The van der Waals surface area contributed by atoms with Crippen molar-refractivity contribution < 1.29 is 24.5 Å². The van der Waals surface area contributed by atoms with Crippen LogP contribution in [0.5, 0.6) is 0 Å². The Morgan fingerprint density at radius 3 is 2.61 bits per heavy atom. The summed E-state index contributed by atoms with van der Waals surface area (Å²) in [6.07, 6.45) is 5.16. The number of aromatic carboxylic acids is 1. The second-order valence-corrected chi connectivity index (χ2v) is 7.56. The zero-order valence-electron chi connectivity index (χ0n) is 15.4. The Labute approximate surface area is 160 Å². The molecule has 8 heteroatoms. The van der Waals surface area contributed by atoms with Gasteiger partial charge in [-0.05, 0) is 38.2 Å². The molecule has 1 saturated carbocycles. The first-order chi connectivity index (χ1) is 13.5. The van der Waals surface area contributed by atoms with Crippen molar-refractivity contribution in [3.05, 3.63) is 39.4 Å². The normalized spacial score (nSPS) is 19.5. The number of anilines is 1. The minimum Gasteiger partial charge on any atom is -0.477 e. The topological polar surface area (TPSA) is 103 Å². The van der Waals surface area contributed by atoms with Crippen LogP contribution in [0.25, 0.3) is 10.9 Å². The van der Waals surface area contributed by atoms with E-state index in [1.807, 2.05) is 4.90 Å². The Morgan fingerprint density at radius 1 is 1.25 bits per heavy atom. The van der Waals surface area contributed by atoms with Crippen LogP contribution in [0.4, 0.5) is 10.1 Å². The van der Waals surface area contributed by atoms with E-state index in [0.717, 1.165) is 31.7 Å². The molecule has 0 bridgehead atoms. The lowest BCUT2D eigenvalue weighted by Gasteiger charge is -2.30. The summed E-state index contributed by atoms with van der Waals surface area (Å²) in [5.41, 5.74) is -0.169. The van der Waals surface area contributed by atoms with E-state index in [1.54, 1.807) is 4.57 Å². The number of carboxylic acid groups (broad SMARTS) is 1. The van der Waals surface area contributed by atoms with Gasteiger partial charge in [0.1, 0.15) is 11.4 Å². The van der Waals surface area contributed by atoms with Crippen molar-refractivity contribution in [2.24, 2.45) is 0 Å². The van der Waals surface area contributed by atoms with Crippen molar-refractivity contribution in [2.45, 2.75) is 50.8 Å². The minimum absolute atomic E-state index is 0.0143. The fourth-order valence-corrected chi connectivity index (χ4v) is 4.39. The van der Waals surface area contributed by atoms with Crippen LogP contribution in [-0.4, -0.2) is 45.0 Å². The van der Waals surface area contributed by atoms with Gasteiger partial charge < -0.3 is 24.8 Å². The Balaban J connectivity index is 2.02. The summed E-state index contributed by atoms with van der Waals surface area (Å²) in [5.74, 6) is -2.00. The van der Waals surface area contributed by atoms with Crippen molar-refractivity contribution in [3.8, 4) is 0 Å². The number of aromatic nitrogens is 1. The monoisotopic (exact) mass is 390 g/mol. The molecule has 7 nitrogen and oxygen atoms in total. The third-order valence-electron chi connectivity index (χ3n) is 5.80. The van der Waals surface area contributed by atoms with E-state index in [1.165, 1.54) is 6.20 Å². The average Bonchev–Trinajstić information content (AvgIpc) is 3.41. The van der Waals surface area contributed by atoms with Crippen LogP contribution >= 0.6 is 0 Å². The lowest BCUT2D eigenvalue weighted by Crippen LogP contribution is -2.32. The quantitative estimate of drug-likeness (QED) is 0.697. The largest absolute Gasteiger partial charge is 0.477 e. The lowest BCUT2D eigenvalue weighted by atomic mass is 10.0. The maximum Gasteiger partial charge on any atom is 0.341 e. The summed E-state index contributed by atoms with van der Waals surface area (Å²) < 4.78 is 16.9. The molecule has 2 fully saturated rings. The number of rotatable bonds is 6. The van der Waals surface area contributed by atoms with Crippen molar-refractivity contribution in [1.82, 2.24) is 4.57 Å². The Morgan fingerprint density at radius 2 is 2.00 bits per heavy atom. The number of fused-ring (bicyclic) bond motifs is 1. The van der Waals surface area contributed by atoms with E-state index in [2.05, 4.69) is 0 Å². The number of benzene rings is 1. The van der Waals surface area contributed by atoms with Gasteiger partial charge in [0.2, 0.25) is 5.43 Å². The molecular weight excluding hydrogens is 367 g/mol. The molecule has 0 spiro atoms. The molecule has 1 aromatic heterocycles. The molecule has 3 N–H and O–H groups in total. The highest BCUT2D eigenvalue weighted by atomic mass is 19.1. The lowest BCUT2D eigenvalue weighted by molar-refractivity contribution is 0.0695. The first kappa shape index (κ1) is 18.9. The summed E-state index contributed by atoms with van der Waals surface area (Å²) in [6.45, 7) is 0.116. The van der Waals surface area contributed by atoms with Crippen molar-refractivity contribution in [1.29, 1.82) is 0 Å². The van der Waals surface area contributed by atoms with Crippen molar-refractivity contribution in [3.63, 3.8) is 0 Å². The average molecular weight is 390 g/mol. The van der Waals surface area contributed by atoms with Crippen LogP contribution in [0.15, 0.2) is 17.1 Å². The molecule has 1 saturated heterocycles. The third kappa shape index (κ3) is 2.97. The summed E-state index contributed by atoms with van der Waals surface area (Å²) in [6, 6.07) is 1.10. The van der Waals surface area contributed by atoms with E-state index in [0.29, 0.717) is 24.0 Å². The first-order valence-corrected chi connectivity index (χ1v) is 9.59. The maximum absolute atomic E-state index is 15.2. The van der Waals surface area contributed by atoms with E-state index in [-0.39, 0.29) is 29.8 Å². The van der Waals surface area contributed by atoms with Gasteiger partial charge >= 0.3 is 5.97 Å². The van der Waals surface area contributed by atoms with Gasteiger partial charge in [0, 0.05) is 42.4 Å². The molecule has 0 radical (unpaired) electrons. The van der Waals surface area contributed by atoms with Gasteiger partial charge in [0.15, 0.2) is 0 Å². The highest BCUT2D eigenvalue weighted by Crippen LogP contribution is 2.41. The van der Waals surface area contributed by atoms with Gasteiger partial charge in [-0.25, -0.2) is 9.18 Å². The van der Waals surface area contributed by atoms with Gasteiger partial charge in [-0.1, -0.05) is 0 Å². The molecule has 150 valence electrons. The van der Waals surface area contributed by atoms with E-state index in [9.17, 15) is 24.9 Å². The SMILES string of the molecule is O=C(O)c1cn(C2CC2)c2c(CO)c(N3CCCC3CCO)c(F)cc2c1=O. The number of aliphatic hydroxyl groups excluding tert-OH is 2.